The Bertz CT molecular complexity index is 3170. The molecule has 4 aromatic heterocycles. The Morgan fingerprint density at radius 3 is 1.18 bits per heavy atom. The highest BCUT2D eigenvalue weighted by Crippen LogP contribution is 2.38. The molecule has 254 valence electrons. The van der Waals surface area contributed by atoms with Gasteiger partial charge in [0.1, 0.15) is 0 Å². The van der Waals surface area contributed by atoms with E-state index in [-0.39, 0.29) is 0 Å². The molecule has 0 fully saturated rings. The minimum absolute atomic E-state index is 0.494. The molecule has 0 aliphatic carbocycles. The molecule has 0 saturated carbocycles. The van der Waals surface area contributed by atoms with Crippen molar-refractivity contribution in [1.82, 2.24) is 28.7 Å². The predicted octanol–water partition coefficient (Wildman–Crippen LogP) is 10.6. The monoisotopic (exact) mass is 702 g/mol. The van der Waals surface area contributed by atoms with Crippen LogP contribution in [0.4, 0.5) is 0 Å². The van der Waals surface area contributed by atoms with E-state index in [4.69, 9.17) is 15.0 Å². The third kappa shape index (κ3) is 4.46. The third-order valence-electron chi connectivity index (χ3n) is 10.6. The molecule has 0 bridgehead atoms. The van der Waals surface area contributed by atoms with Crippen LogP contribution in [-0.2, 0) is 0 Å². The van der Waals surface area contributed by atoms with E-state index in [1.807, 2.05) is 78.9 Å². The minimum atomic E-state index is 0.494. The first-order valence-corrected chi connectivity index (χ1v) is 17.9. The summed E-state index contributed by atoms with van der Waals surface area (Å²) in [6.07, 6.45) is 0. The smallest absolute Gasteiger partial charge is 0.240 e. The molecule has 0 aliphatic rings. The molecular formula is C47H26N8. The summed E-state index contributed by atoms with van der Waals surface area (Å²) in [5.41, 5.74) is 8.50. The molecule has 11 rings (SSSR count). The van der Waals surface area contributed by atoms with Gasteiger partial charge in [-0.05, 0) is 72.8 Å². The molecule has 8 nitrogen and oxygen atoms in total. The predicted molar refractivity (Wildman–Crippen MR) is 218 cm³/mol. The molecule has 0 unspecified atom stereocenters. The first kappa shape index (κ1) is 30.5. The molecule has 4 heterocycles. The first-order valence-electron chi connectivity index (χ1n) is 17.9. The fourth-order valence-electron chi connectivity index (χ4n) is 8.23. The van der Waals surface area contributed by atoms with Crippen LogP contribution in [0.3, 0.4) is 0 Å². The lowest BCUT2D eigenvalue weighted by Crippen LogP contribution is -2.11. The summed E-state index contributed by atoms with van der Waals surface area (Å²) in [6, 6.07) is 57.4. The summed E-state index contributed by atoms with van der Waals surface area (Å²) in [6.45, 7) is 0. The number of nitrogens with zero attached hydrogens (tertiary/aromatic N) is 8. The van der Waals surface area contributed by atoms with Gasteiger partial charge in [0.15, 0.2) is 5.82 Å². The van der Waals surface area contributed by atoms with E-state index in [1.165, 1.54) is 0 Å². The van der Waals surface area contributed by atoms with Crippen molar-refractivity contribution in [1.29, 1.82) is 10.5 Å². The number of aromatic nitrogens is 6. The maximum atomic E-state index is 9.82. The Morgan fingerprint density at radius 1 is 0.364 bits per heavy atom. The Kier molecular flexibility index (Phi) is 6.51. The molecule has 11 aromatic rings. The van der Waals surface area contributed by atoms with Crippen LogP contribution in [0, 0.1) is 22.7 Å². The summed E-state index contributed by atoms with van der Waals surface area (Å²) in [5, 5.41) is 25.8. The van der Waals surface area contributed by atoms with Crippen LogP contribution in [-0.4, -0.2) is 28.7 Å². The number of nitriles is 2. The van der Waals surface area contributed by atoms with Crippen LogP contribution in [0.25, 0.3) is 94.4 Å². The summed E-state index contributed by atoms with van der Waals surface area (Å²) in [7, 11) is 0. The Hall–Kier alpha value is -8.07. The number of hydrogen-bond donors (Lipinski definition) is 0. The summed E-state index contributed by atoms with van der Waals surface area (Å²) in [5.74, 6) is 1.49. The lowest BCUT2D eigenvalue weighted by Gasteiger charge is -2.16. The van der Waals surface area contributed by atoms with Crippen LogP contribution in [0.1, 0.15) is 11.1 Å². The fourth-order valence-corrected chi connectivity index (χ4v) is 8.23. The van der Waals surface area contributed by atoms with Crippen LogP contribution < -0.4 is 0 Å². The van der Waals surface area contributed by atoms with Crippen LogP contribution in [0.5, 0.6) is 0 Å². The van der Waals surface area contributed by atoms with Crippen molar-refractivity contribution in [2.24, 2.45) is 0 Å². The van der Waals surface area contributed by atoms with Gasteiger partial charge in [0.05, 0.1) is 62.1 Å². The maximum Gasteiger partial charge on any atom is 0.240 e. The van der Waals surface area contributed by atoms with E-state index in [0.717, 1.165) is 76.7 Å². The molecule has 7 aromatic carbocycles. The normalized spacial score (nSPS) is 11.6. The third-order valence-corrected chi connectivity index (χ3v) is 10.6. The van der Waals surface area contributed by atoms with Crippen molar-refractivity contribution in [3.63, 3.8) is 0 Å². The van der Waals surface area contributed by atoms with E-state index in [1.54, 1.807) is 0 Å². The van der Waals surface area contributed by atoms with Gasteiger partial charge in [0, 0.05) is 37.9 Å². The van der Waals surface area contributed by atoms with E-state index in [2.05, 4.69) is 105 Å². The van der Waals surface area contributed by atoms with E-state index < -0.39 is 0 Å². The van der Waals surface area contributed by atoms with E-state index >= 15 is 0 Å². The van der Waals surface area contributed by atoms with Gasteiger partial charge in [-0.2, -0.15) is 25.5 Å². The number of para-hydroxylation sites is 5. The molecule has 0 saturated heterocycles. The van der Waals surface area contributed by atoms with Crippen molar-refractivity contribution >= 4 is 65.4 Å². The number of rotatable bonds is 4. The zero-order valence-corrected chi connectivity index (χ0v) is 29.1. The van der Waals surface area contributed by atoms with Gasteiger partial charge < -0.3 is 4.57 Å². The lowest BCUT2D eigenvalue weighted by molar-refractivity contribution is 0.892. The minimum Gasteiger partial charge on any atom is -0.308 e. The first-order chi connectivity index (χ1) is 27.2. The zero-order valence-electron chi connectivity index (χ0n) is 29.1. The number of benzene rings is 7. The molecule has 0 radical (unpaired) electrons. The quantitative estimate of drug-likeness (QED) is 0.182. The standard InChI is InChI=1S/C47H26N8/c48-27-29-21-23-43-36(25-29)37-26-30(28-49)22-24-44(37)53(43)42-20-10-5-15-35(42)45-50-46(54-38-16-6-1-11-31(38)32-12-2-7-17-39(32)54)52-47(51-45)55-40-18-8-3-13-33(40)34-14-4-9-19-41(34)55/h1-26H. The van der Waals surface area contributed by atoms with E-state index in [9.17, 15) is 10.5 Å². The topological polar surface area (TPSA) is 101 Å². The van der Waals surface area contributed by atoms with Crippen LogP contribution in [0.2, 0.25) is 0 Å². The highest BCUT2D eigenvalue weighted by atomic mass is 15.3. The van der Waals surface area contributed by atoms with Crippen LogP contribution in [0.15, 0.2) is 158 Å². The molecule has 0 N–H and O–H groups in total. The van der Waals surface area contributed by atoms with Gasteiger partial charge in [0.2, 0.25) is 11.9 Å². The van der Waals surface area contributed by atoms with Crippen molar-refractivity contribution in [3.05, 3.63) is 169 Å². The molecule has 0 amide bonds. The molecule has 8 heteroatoms. The molecule has 0 aliphatic heterocycles. The van der Waals surface area contributed by atoms with Gasteiger partial charge in [-0.1, -0.05) is 84.9 Å². The number of fused-ring (bicyclic) bond motifs is 9. The average Bonchev–Trinajstić information content (AvgIpc) is 3.88. The Labute approximate surface area is 313 Å². The van der Waals surface area contributed by atoms with E-state index in [0.29, 0.717) is 28.8 Å². The second-order valence-electron chi connectivity index (χ2n) is 13.5. The Morgan fingerprint density at radius 2 is 0.745 bits per heavy atom. The summed E-state index contributed by atoms with van der Waals surface area (Å²) < 4.78 is 6.43. The zero-order chi connectivity index (χ0) is 36.6. The lowest BCUT2D eigenvalue weighted by atomic mass is 10.1. The van der Waals surface area contributed by atoms with Gasteiger partial charge >= 0.3 is 0 Å². The summed E-state index contributed by atoms with van der Waals surface area (Å²) >= 11 is 0. The molecule has 55 heavy (non-hydrogen) atoms. The highest BCUT2D eigenvalue weighted by molar-refractivity contribution is 6.12. The molecule has 0 atom stereocenters. The van der Waals surface area contributed by atoms with Gasteiger partial charge in [-0.3, -0.25) is 9.13 Å². The highest BCUT2D eigenvalue weighted by Gasteiger charge is 2.23. The van der Waals surface area contributed by atoms with Crippen molar-refractivity contribution in [2.75, 3.05) is 0 Å². The molecular weight excluding hydrogens is 677 g/mol. The number of hydrogen-bond acceptors (Lipinski definition) is 5. The second kappa shape index (κ2) is 11.7. The van der Waals surface area contributed by atoms with Gasteiger partial charge in [-0.25, -0.2) is 0 Å². The average molecular weight is 703 g/mol. The largest absolute Gasteiger partial charge is 0.308 e. The maximum absolute atomic E-state index is 9.82. The summed E-state index contributed by atoms with van der Waals surface area (Å²) in [4.78, 5) is 16.0. The van der Waals surface area contributed by atoms with Crippen LogP contribution >= 0.6 is 0 Å². The second-order valence-corrected chi connectivity index (χ2v) is 13.5. The van der Waals surface area contributed by atoms with Gasteiger partial charge in [0.25, 0.3) is 0 Å². The SMILES string of the molecule is N#Cc1ccc2c(c1)c1cc(C#N)ccc1n2-c1ccccc1-c1nc(-n2c3ccccc3c3ccccc32)nc(-n2c3ccccc3c3ccccc32)n1. The fraction of sp³-hybridized carbons (Fsp3) is 0. The van der Waals surface area contributed by atoms with Gasteiger partial charge in [-0.15, -0.1) is 0 Å². The van der Waals surface area contributed by atoms with Crippen molar-refractivity contribution in [3.8, 4) is 41.1 Å². The van der Waals surface area contributed by atoms with Crippen molar-refractivity contribution < 1.29 is 0 Å². The Balaban J connectivity index is 1.26. The molecule has 0 spiro atoms. The van der Waals surface area contributed by atoms with Crippen molar-refractivity contribution in [2.45, 2.75) is 0 Å².